The molecule has 0 aliphatic carbocycles. The van der Waals surface area contributed by atoms with Gasteiger partial charge in [-0.25, -0.2) is 0 Å². The monoisotopic (exact) mass is 216 g/mol. The van der Waals surface area contributed by atoms with Gasteiger partial charge < -0.3 is 11.5 Å². The van der Waals surface area contributed by atoms with E-state index in [-0.39, 0.29) is 5.91 Å². The predicted molar refractivity (Wildman–Crippen MR) is 62.9 cm³/mol. The van der Waals surface area contributed by atoms with Crippen LogP contribution in [0.2, 0.25) is 0 Å². The predicted octanol–water partition coefficient (Wildman–Crippen LogP) is 1.88. The maximum Gasteiger partial charge on any atom is 0.217 e. The molecule has 0 aliphatic heterocycles. The Labute approximate surface area is 91.2 Å². The van der Waals surface area contributed by atoms with Crippen LogP contribution in [0.15, 0.2) is 0 Å². The molecule has 0 radical (unpaired) electrons. The van der Waals surface area contributed by atoms with Crippen molar-refractivity contribution in [3.05, 3.63) is 0 Å². The molecule has 14 heavy (non-hydrogen) atoms. The molecule has 0 spiro atoms. The molecule has 82 valence electrons. The number of primary amides is 1. The normalized spacial score (nSPS) is 10.0. The van der Waals surface area contributed by atoms with Crippen molar-refractivity contribution in [3.63, 3.8) is 0 Å². The van der Waals surface area contributed by atoms with Gasteiger partial charge in [0.1, 0.15) is 0 Å². The number of carbonyl (C=O) groups is 1. The summed E-state index contributed by atoms with van der Waals surface area (Å²) in [6.45, 7) is 0. The standard InChI is InChI=1S/C10H20N2OS/c11-9(13)7-5-3-1-2-4-6-8-10(12)14/h1-8H2,(H2,11,13)(H2,12,14). The van der Waals surface area contributed by atoms with E-state index < -0.39 is 0 Å². The Morgan fingerprint density at radius 3 is 1.71 bits per heavy atom. The summed E-state index contributed by atoms with van der Waals surface area (Å²) in [5.41, 5.74) is 10.4. The van der Waals surface area contributed by atoms with Crippen molar-refractivity contribution in [2.45, 2.75) is 51.4 Å². The fraction of sp³-hybridized carbons (Fsp3) is 0.800. The number of thiocarbonyl (C=S) groups is 1. The number of hydrogen-bond acceptors (Lipinski definition) is 2. The molecule has 0 aliphatic rings. The van der Waals surface area contributed by atoms with E-state index in [9.17, 15) is 4.79 Å². The van der Waals surface area contributed by atoms with Gasteiger partial charge in [-0.2, -0.15) is 0 Å². The third kappa shape index (κ3) is 11.4. The molecule has 0 unspecified atom stereocenters. The maximum absolute atomic E-state index is 10.4. The van der Waals surface area contributed by atoms with Gasteiger partial charge in [-0.05, 0) is 19.3 Å². The summed E-state index contributed by atoms with van der Waals surface area (Å²) in [7, 11) is 0. The van der Waals surface area contributed by atoms with E-state index in [4.69, 9.17) is 23.7 Å². The van der Waals surface area contributed by atoms with Crippen LogP contribution in [0.4, 0.5) is 0 Å². The molecule has 3 nitrogen and oxygen atoms in total. The summed E-state index contributed by atoms with van der Waals surface area (Å²) in [5.74, 6) is -0.196. The number of carbonyl (C=O) groups excluding carboxylic acids is 1. The van der Waals surface area contributed by atoms with Gasteiger partial charge in [0.25, 0.3) is 0 Å². The van der Waals surface area contributed by atoms with E-state index in [0.717, 1.165) is 25.7 Å². The minimum absolute atomic E-state index is 0.196. The fourth-order valence-electron chi connectivity index (χ4n) is 1.31. The van der Waals surface area contributed by atoms with Crippen molar-refractivity contribution < 1.29 is 4.79 Å². The smallest absolute Gasteiger partial charge is 0.217 e. The van der Waals surface area contributed by atoms with Gasteiger partial charge in [-0.1, -0.05) is 37.9 Å². The van der Waals surface area contributed by atoms with Crippen LogP contribution in [0.3, 0.4) is 0 Å². The van der Waals surface area contributed by atoms with Gasteiger partial charge in [-0.3, -0.25) is 4.79 Å². The van der Waals surface area contributed by atoms with Gasteiger partial charge in [0.2, 0.25) is 5.91 Å². The highest BCUT2D eigenvalue weighted by molar-refractivity contribution is 7.80. The maximum atomic E-state index is 10.4. The Hall–Kier alpha value is -0.640. The third-order valence-electron chi connectivity index (χ3n) is 2.10. The summed E-state index contributed by atoms with van der Waals surface area (Å²) < 4.78 is 0. The van der Waals surface area contributed by atoms with Crippen molar-refractivity contribution in [3.8, 4) is 0 Å². The molecule has 0 saturated heterocycles. The second-order valence-electron chi connectivity index (χ2n) is 3.55. The number of rotatable bonds is 9. The molecular formula is C10H20N2OS. The Morgan fingerprint density at radius 1 is 0.857 bits per heavy atom. The summed E-state index contributed by atoms with van der Waals surface area (Å²) in [4.78, 5) is 11.0. The van der Waals surface area contributed by atoms with E-state index >= 15 is 0 Å². The van der Waals surface area contributed by atoms with Crippen LogP contribution in [0.5, 0.6) is 0 Å². The molecule has 4 N–H and O–H groups in total. The molecule has 1 amide bonds. The largest absolute Gasteiger partial charge is 0.393 e. The first-order valence-corrected chi connectivity index (χ1v) is 5.60. The quantitative estimate of drug-likeness (QED) is 0.457. The van der Waals surface area contributed by atoms with Crippen molar-refractivity contribution in [1.82, 2.24) is 0 Å². The highest BCUT2D eigenvalue weighted by Crippen LogP contribution is 2.08. The summed E-state index contributed by atoms with van der Waals surface area (Å²) in [6.07, 6.45) is 8.02. The molecule has 0 atom stereocenters. The van der Waals surface area contributed by atoms with Crippen molar-refractivity contribution in [1.29, 1.82) is 0 Å². The molecule has 0 aromatic rings. The van der Waals surface area contributed by atoms with Gasteiger partial charge in [0.05, 0.1) is 4.99 Å². The lowest BCUT2D eigenvalue weighted by Gasteiger charge is -2.00. The van der Waals surface area contributed by atoms with E-state index in [0.29, 0.717) is 11.4 Å². The van der Waals surface area contributed by atoms with Crippen molar-refractivity contribution >= 4 is 23.1 Å². The zero-order chi connectivity index (χ0) is 10.8. The highest BCUT2D eigenvalue weighted by Gasteiger charge is 1.95. The molecule has 0 bridgehead atoms. The fourth-order valence-corrected chi connectivity index (χ4v) is 1.45. The average Bonchev–Trinajstić information content (AvgIpc) is 2.08. The molecule has 0 heterocycles. The summed E-state index contributed by atoms with van der Waals surface area (Å²) in [6, 6.07) is 0. The molecular weight excluding hydrogens is 196 g/mol. The number of amides is 1. The molecule has 0 aromatic heterocycles. The lowest BCUT2D eigenvalue weighted by atomic mass is 10.1. The van der Waals surface area contributed by atoms with E-state index in [1.807, 2.05) is 0 Å². The first kappa shape index (κ1) is 13.4. The van der Waals surface area contributed by atoms with Crippen LogP contribution in [0.25, 0.3) is 0 Å². The van der Waals surface area contributed by atoms with Gasteiger partial charge in [-0.15, -0.1) is 0 Å². The zero-order valence-corrected chi connectivity index (χ0v) is 9.44. The molecule has 0 aromatic carbocycles. The Kier molecular flexibility index (Phi) is 8.53. The van der Waals surface area contributed by atoms with Gasteiger partial charge >= 0.3 is 0 Å². The van der Waals surface area contributed by atoms with E-state index in [1.54, 1.807) is 0 Å². The topological polar surface area (TPSA) is 69.1 Å². The van der Waals surface area contributed by atoms with Crippen LogP contribution in [-0.4, -0.2) is 10.9 Å². The number of unbranched alkanes of at least 4 members (excludes halogenated alkanes) is 5. The number of nitrogens with two attached hydrogens (primary N) is 2. The van der Waals surface area contributed by atoms with Gasteiger partial charge in [0.15, 0.2) is 0 Å². The highest BCUT2D eigenvalue weighted by atomic mass is 32.1. The molecule has 0 saturated carbocycles. The second-order valence-corrected chi connectivity index (χ2v) is 4.08. The molecule has 0 rings (SSSR count). The third-order valence-corrected chi connectivity index (χ3v) is 2.30. The minimum Gasteiger partial charge on any atom is -0.393 e. The lowest BCUT2D eigenvalue weighted by molar-refractivity contribution is -0.118. The Bertz CT molecular complexity index is 163. The van der Waals surface area contributed by atoms with Crippen LogP contribution in [0, 0.1) is 0 Å². The Morgan fingerprint density at radius 2 is 1.29 bits per heavy atom. The van der Waals surface area contributed by atoms with Crippen molar-refractivity contribution in [2.24, 2.45) is 11.5 Å². The first-order chi connectivity index (χ1) is 6.63. The second kappa shape index (κ2) is 8.94. The molecule has 0 fully saturated rings. The number of hydrogen-bond donors (Lipinski definition) is 2. The van der Waals surface area contributed by atoms with E-state index in [1.165, 1.54) is 19.3 Å². The Balaban J connectivity index is 2.99. The lowest BCUT2D eigenvalue weighted by Crippen LogP contribution is -2.09. The summed E-state index contributed by atoms with van der Waals surface area (Å²) >= 11 is 4.77. The van der Waals surface area contributed by atoms with E-state index in [2.05, 4.69) is 0 Å². The van der Waals surface area contributed by atoms with Crippen LogP contribution in [-0.2, 0) is 4.79 Å². The molecule has 4 heteroatoms. The minimum atomic E-state index is -0.196. The summed E-state index contributed by atoms with van der Waals surface area (Å²) in [5, 5.41) is 0. The average molecular weight is 216 g/mol. The van der Waals surface area contributed by atoms with Crippen molar-refractivity contribution in [2.75, 3.05) is 0 Å². The van der Waals surface area contributed by atoms with Crippen LogP contribution < -0.4 is 11.5 Å². The SMILES string of the molecule is NC(=O)CCCCCCCCC(N)=S. The first-order valence-electron chi connectivity index (χ1n) is 5.19. The van der Waals surface area contributed by atoms with Gasteiger partial charge in [0, 0.05) is 6.42 Å². The van der Waals surface area contributed by atoms with Crippen LogP contribution >= 0.6 is 12.2 Å². The zero-order valence-electron chi connectivity index (χ0n) is 8.63. The van der Waals surface area contributed by atoms with Crippen LogP contribution in [0.1, 0.15) is 51.4 Å².